The molecule has 2 N–H and O–H groups in total. The summed E-state index contributed by atoms with van der Waals surface area (Å²) < 4.78 is 26.2. The minimum Gasteiger partial charge on any atom is -0.480 e. The molecule has 18 heavy (non-hydrogen) atoms. The first kappa shape index (κ1) is 14.4. The predicted octanol–water partition coefficient (Wildman–Crippen LogP) is 1.30. The molecule has 1 rings (SSSR count). The van der Waals surface area contributed by atoms with Gasteiger partial charge in [0.25, 0.3) is 0 Å². The van der Waals surface area contributed by atoms with Crippen molar-refractivity contribution in [2.75, 3.05) is 0 Å². The van der Waals surface area contributed by atoms with Crippen LogP contribution in [0.15, 0.2) is 41.8 Å². The van der Waals surface area contributed by atoms with Gasteiger partial charge in [-0.3, -0.25) is 4.79 Å². The topological polar surface area (TPSA) is 83.5 Å². The molecule has 1 unspecified atom stereocenters. The Morgan fingerprint density at radius 1 is 1.50 bits per heavy atom. The molecule has 0 spiro atoms. The highest BCUT2D eigenvalue weighted by Gasteiger charge is 2.25. The predicted molar refractivity (Wildman–Crippen MR) is 67.7 cm³/mol. The van der Waals surface area contributed by atoms with E-state index in [2.05, 4.69) is 11.3 Å². The largest absolute Gasteiger partial charge is 0.480 e. The standard InChI is InChI=1S/C12H15NO4S/c1-3-6-10(12(14)15)13-18(16,17)11-8-5-4-7-9(11)2/h3-5,7-8,10,13H,1,6H2,2H3,(H,14,15). The number of carboxylic acid groups (broad SMARTS) is 1. The first-order valence-electron chi connectivity index (χ1n) is 5.30. The highest BCUT2D eigenvalue weighted by molar-refractivity contribution is 7.89. The maximum Gasteiger partial charge on any atom is 0.322 e. The summed E-state index contributed by atoms with van der Waals surface area (Å²) in [6.45, 7) is 5.06. The molecule has 1 atom stereocenters. The van der Waals surface area contributed by atoms with Crippen LogP contribution < -0.4 is 4.72 Å². The maximum atomic E-state index is 12.0. The minimum absolute atomic E-state index is 0.0282. The van der Waals surface area contributed by atoms with Crippen molar-refractivity contribution in [1.82, 2.24) is 4.72 Å². The average Bonchev–Trinajstić information content (AvgIpc) is 2.28. The van der Waals surface area contributed by atoms with Crippen LogP contribution in [0.4, 0.5) is 0 Å². The molecule has 0 radical (unpaired) electrons. The van der Waals surface area contributed by atoms with Crippen molar-refractivity contribution in [1.29, 1.82) is 0 Å². The van der Waals surface area contributed by atoms with Gasteiger partial charge in [0.2, 0.25) is 10.0 Å². The number of sulfonamides is 1. The number of rotatable bonds is 6. The van der Waals surface area contributed by atoms with Crippen LogP contribution in [0.3, 0.4) is 0 Å². The summed E-state index contributed by atoms with van der Waals surface area (Å²) in [4.78, 5) is 11.0. The number of carboxylic acids is 1. The Morgan fingerprint density at radius 3 is 2.61 bits per heavy atom. The van der Waals surface area contributed by atoms with Crippen LogP contribution >= 0.6 is 0 Å². The van der Waals surface area contributed by atoms with E-state index < -0.39 is 22.0 Å². The van der Waals surface area contributed by atoms with Crippen LogP contribution in [0.5, 0.6) is 0 Å². The zero-order valence-corrected chi connectivity index (χ0v) is 10.8. The van der Waals surface area contributed by atoms with Crippen molar-refractivity contribution in [2.24, 2.45) is 0 Å². The van der Waals surface area contributed by atoms with Gasteiger partial charge < -0.3 is 5.11 Å². The number of aryl methyl sites for hydroxylation is 1. The summed E-state index contributed by atoms with van der Waals surface area (Å²) in [6.07, 6.45) is 1.39. The van der Waals surface area contributed by atoms with Crippen LogP contribution in [0.25, 0.3) is 0 Å². The van der Waals surface area contributed by atoms with E-state index in [9.17, 15) is 13.2 Å². The molecule has 1 aromatic rings. The van der Waals surface area contributed by atoms with Gasteiger partial charge in [-0.25, -0.2) is 8.42 Å². The van der Waals surface area contributed by atoms with Gasteiger partial charge in [-0.05, 0) is 25.0 Å². The van der Waals surface area contributed by atoms with Crippen LogP contribution in [0.1, 0.15) is 12.0 Å². The van der Waals surface area contributed by atoms with Crippen LogP contribution in [0, 0.1) is 6.92 Å². The fourth-order valence-electron chi connectivity index (χ4n) is 1.47. The van der Waals surface area contributed by atoms with Gasteiger partial charge in [-0.15, -0.1) is 6.58 Å². The Bertz CT molecular complexity index is 551. The quantitative estimate of drug-likeness (QED) is 0.762. The van der Waals surface area contributed by atoms with E-state index in [0.29, 0.717) is 5.56 Å². The van der Waals surface area contributed by atoms with E-state index >= 15 is 0 Å². The summed E-state index contributed by atoms with van der Waals surface area (Å²) in [7, 11) is -3.84. The Balaban J connectivity index is 3.04. The Kier molecular flexibility index (Phi) is 4.63. The molecule has 98 valence electrons. The molecule has 0 heterocycles. The first-order chi connectivity index (χ1) is 8.38. The minimum atomic E-state index is -3.84. The SMILES string of the molecule is C=CCC(NS(=O)(=O)c1ccccc1C)C(=O)O. The molecule has 0 saturated heterocycles. The third-order valence-electron chi connectivity index (χ3n) is 2.38. The monoisotopic (exact) mass is 269 g/mol. The van der Waals surface area contributed by atoms with Crippen molar-refractivity contribution in [3.05, 3.63) is 42.5 Å². The maximum absolute atomic E-state index is 12.0. The molecular formula is C12H15NO4S. The molecule has 0 aromatic heterocycles. The number of hydrogen-bond acceptors (Lipinski definition) is 3. The van der Waals surface area contributed by atoms with Crippen molar-refractivity contribution >= 4 is 16.0 Å². The summed E-state index contributed by atoms with van der Waals surface area (Å²) in [6, 6.07) is 5.19. The van der Waals surface area contributed by atoms with Gasteiger partial charge in [0.15, 0.2) is 0 Å². The van der Waals surface area contributed by atoms with Gasteiger partial charge >= 0.3 is 5.97 Å². The van der Waals surface area contributed by atoms with Gasteiger partial charge in [-0.2, -0.15) is 4.72 Å². The molecule has 5 nitrogen and oxygen atoms in total. The number of nitrogens with one attached hydrogen (secondary N) is 1. The van der Waals surface area contributed by atoms with Crippen LogP contribution in [-0.4, -0.2) is 25.5 Å². The zero-order chi connectivity index (χ0) is 13.8. The van der Waals surface area contributed by atoms with E-state index in [1.54, 1.807) is 25.1 Å². The summed E-state index contributed by atoms with van der Waals surface area (Å²) in [5.41, 5.74) is 0.563. The number of hydrogen-bond donors (Lipinski definition) is 2. The summed E-state index contributed by atoms with van der Waals surface area (Å²) in [5, 5.41) is 8.91. The van der Waals surface area contributed by atoms with Crippen LogP contribution in [0.2, 0.25) is 0 Å². The van der Waals surface area contributed by atoms with Gasteiger partial charge in [0.05, 0.1) is 4.90 Å². The smallest absolute Gasteiger partial charge is 0.322 e. The lowest BCUT2D eigenvalue weighted by molar-refractivity contribution is -0.138. The molecule has 0 bridgehead atoms. The molecular weight excluding hydrogens is 254 g/mol. The number of benzene rings is 1. The van der Waals surface area contributed by atoms with E-state index in [-0.39, 0.29) is 11.3 Å². The zero-order valence-electron chi connectivity index (χ0n) is 9.96. The number of carbonyl (C=O) groups is 1. The van der Waals surface area contributed by atoms with Crippen LogP contribution in [-0.2, 0) is 14.8 Å². The Hall–Kier alpha value is -1.66. The molecule has 0 aliphatic heterocycles. The Morgan fingerprint density at radius 2 is 2.11 bits per heavy atom. The van der Waals surface area contributed by atoms with E-state index in [4.69, 9.17) is 5.11 Å². The van der Waals surface area contributed by atoms with Crippen molar-refractivity contribution in [3.63, 3.8) is 0 Å². The third kappa shape index (κ3) is 3.41. The lowest BCUT2D eigenvalue weighted by Gasteiger charge is -2.14. The first-order valence-corrected chi connectivity index (χ1v) is 6.78. The second kappa shape index (κ2) is 5.79. The van der Waals surface area contributed by atoms with E-state index in [1.165, 1.54) is 12.1 Å². The second-order valence-corrected chi connectivity index (χ2v) is 5.48. The van der Waals surface area contributed by atoms with Crippen molar-refractivity contribution < 1.29 is 18.3 Å². The summed E-state index contributed by atoms with van der Waals surface area (Å²) in [5.74, 6) is -1.23. The lowest BCUT2D eigenvalue weighted by Crippen LogP contribution is -2.40. The lowest BCUT2D eigenvalue weighted by atomic mass is 10.2. The number of aliphatic carboxylic acids is 1. The molecule has 1 aromatic carbocycles. The van der Waals surface area contributed by atoms with Crippen molar-refractivity contribution in [3.8, 4) is 0 Å². The fourth-order valence-corrected chi connectivity index (χ4v) is 2.92. The highest BCUT2D eigenvalue weighted by atomic mass is 32.2. The fraction of sp³-hybridized carbons (Fsp3) is 0.250. The Labute approximate surface area is 106 Å². The van der Waals surface area contributed by atoms with Gasteiger partial charge in [-0.1, -0.05) is 24.3 Å². The second-order valence-electron chi connectivity index (χ2n) is 3.80. The average molecular weight is 269 g/mol. The molecule has 0 aliphatic carbocycles. The van der Waals surface area contributed by atoms with Crippen molar-refractivity contribution in [2.45, 2.75) is 24.3 Å². The third-order valence-corrected chi connectivity index (χ3v) is 4.01. The van der Waals surface area contributed by atoms with E-state index in [1.807, 2.05) is 0 Å². The summed E-state index contributed by atoms with van der Waals surface area (Å²) >= 11 is 0. The molecule has 0 aliphatic rings. The molecule has 0 saturated carbocycles. The van der Waals surface area contributed by atoms with Gasteiger partial charge in [0, 0.05) is 0 Å². The normalized spacial score (nSPS) is 12.9. The van der Waals surface area contributed by atoms with Gasteiger partial charge in [0.1, 0.15) is 6.04 Å². The molecule has 6 heteroatoms. The molecule has 0 fully saturated rings. The molecule has 0 amide bonds. The highest BCUT2D eigenvalue weighted by Crippen LogP contribution is 2.14. The van der Waals surface area contributed by atoms with E-state index in [0.717, 1.165) is 0 Å².